The van der Waals surface area contributed by atoms with Crippen LogP contribution in [0.1, 0.15) is 11.1 Å². The standard InChI is InChI=1S/C14H16ClN3/c1-10-8-13(16)12(15)9-14(10)18-7-4-11-2-5-17-6-3-11/h2-3,5-6,8-9,18H,4,7,16H2,1H3. The summed E-state index contributed by atoms with van der Waals surface area (Å²) in [5.74, 6) is 0. The van der Waals surface area contributed by atoms with E-state index in [0.29, 0.717) is 10.7 Å². The van der Waals surface area contributed by atoms with Gasteiger partial charge in [-0.1, -0.05) is 11.6 Å². The van der Waals surface area contributed by atoms with E-state index in [0.717, 1.165) is 24.2 Å². The summed E-state index contributed by atoms with van der Waals surface area (Å²) in [6, 6.07) is 7.80. The van der Waals surface area contributed by atoms with Crippen molar-refractivity contribution in [2.45, 2.75) is 13.3 Å². The second-order valence-electron chi connectivity index (χ2n) is 4.22. The van der Waals surface area contributed by atoms with Crippen molar-refractivity contribution in [2.24, 2.45) is 0 Å². The predicted octanol–water partition coefficient (Wildman–Crippen LogP) is 3.28. The molecule has 1 aromatic heterocycles. The maximum Gasteiger partial charge on any atom is 0.0656 e. The molecule has 0 aliphatic rings. The Balaban J connectivity index is 1.97. The van der Waals surface area contributed by atoms with Gasteiger partial charge in [-0.3, -0.25) is 4.98 Å². The summed E-state index contributed by atoms with van der Waals surface area (Å²) in [5, 5.41) is 3.96. The minimum atomic E-state index is 0.590. The molecule has 18 heavy (non-hydrogen) atoms. The van der Waals surface area contributed by atoms with Gasteiger partial charge in [0.1, 0.15) is 0 Å². The number of aryl methyl sites for hydroxylation is 1. The van der Waals surface area contributed by atoms with Crippen LogP contribution in [0.4, 0.5) is 11.4 Å². The highest BCUT2D eigenvalue weighted by molar-refractivity contribution is 6.33. The topological polar surface area (TPSA) is 50.9 Å². The lowest BCUT2D eigenvalue weighted by molar-refractivity contribution is 1.01. The van der Waals surface area contributed by atoms with Crippen LogP contribution < -0.4 is 11.1 Å². The number of nitrogens with one attached hydrogen (secondary N) is 1. The van der Waals surface area contributed by atoms with Gasteiger partial charge in [0.05, 0.1) is 10.7 Å². The zero-order valence-electron chi connectivity index (χ0n) is 10.3. The quantitative estimate of drug-likeness (QED) is 0.831. The van der Waals surface area contributed by atoms with E-state index in [1.165, 1.54) is 5.56 Å². The summed E-state index contributed by atoms with van der Waals surface area (Å²) in [4.78, 5) is 4.00. The van der Waals surface area contributed by atoms with Crippen molar-refractivity contribution in [3.63, 3.8) is 0 Å². The number of nitrogens with two attached hydrogens (primary N) is 1. The summed E-state index contributed by atoms with van der Waals surface area (Å²) >= 11 is 6.01. The lowest BCUT2D eigenvalue weighted by Crippen LogP contribution is -2.06. The van der Waals surface area contributed by atoms with E-state index in [-0.39, 0.29) is 0 Å². The molecule has 0 saturated heterocycles. The van der Waals surface area contributed by atoms with Gasteiger partial charge in [0, 0.05) is 24.6 Å². The SMILES string of the molecule is Cc1cc(N)c(Cl)cc1NCCc1ccncc1. The number of nitrogens with zero attached hydrogens (tertiary/aromatic N) is 1. The van der Waals surface area contributed by atoms with Crippen molar-refractivity contribution in [1.82, 2.24) is 4.98 Å². The number of hydrogen-bond acceptors (Lipinski definition) is 3. The molecule has 0 amide bonds. The van der Waals surface area contributed by atoms with E-state index in [1.54, 1.807) is 12.4 Å². The second kappa shape index (κ2) is 5.74. The van der Waals surface area contributed by atoms with Gasteiger partial charge >= 0.3 is 0 Å². The Labute approximate surface area is 112 Å². The molecule has 3 nitrogen and oxygen atoms in total. The van der Waals surface area contributed by atoms with Crippen molar-refractivity contribution in [1.29, 1.82) is 0 Å². The number of pyridine rings is 1. The minimum absolute atomic E-state index is 0.590. The number of benzene rings is 1. The molecule has 4 heteroatoms. The van der Waals surface area contributed by atoms with Gasteiger partial charge in [-0.2, -0.15) is 0 Å². The first-order valence-corrected chi connectivity index (χ1v) is 6.23. The molecule has 0 aliphatic heterocycles. The van der Waals surface area contributed by atoms with E-state index in [2.05, 4.69) is 10.3 Å². The molecule has 0 radical (unpaired) electrons. The second-order valence-corrected chi connectivity index (χ2v) is 4.63. The fourth-order valence-corrected chi connectivity index (χ4v) is 1.95. The Morgan fingerprint density at radius 2 is 2.00 bits per heavy atom. The molecule has 94 valence electrons. The molecule has 0 atom stereocenters. The van der Waals surface area contributed by atoms with Crippen LogP contribution >= 0.6 is 11.6 Å². The molecular weight excluding hydrogens is 246 g/mol. The number of aromatic nitrogens is 1. The first-order valence-electron chi connectivity index (χ1n) is 5.85. The number of nitrogen functional groups attached to an aromatic ring is 1. The fraction of sp³-hybridized carbons (Fsp3) is 0.214. The van der Waals surface area contributed by atoms with Crippen molar-refractivity contribution in [3.8, 4) is 0 Å². The predicted molar refractivity (Wildman–Crippen MR) is 77.0 cm³/mol. The van der Waals surface area contributed by atoms with Crippen LogP contribution in [0.15, 0.2) is 36.7 Å². The molecule has 1 aromatic carbocycles. The van der Waals surface area contributed by atoms with Gasteiger partial charge in [-0.25, -0.2) is 0 Å². The van der Waals surface area contributed by atoms with E-state index < -0.39 is 0 Å². The minimum Gasteiger partial charge on any atom is -0.398 e. The first kappa shape index (κ1) is 12.7. The van der Waals surface area contributed by atoms with Gasteiger partial charge < -0.3 is 11.1 Å². The Hall–Kier alpha value is -1.74. The molecule has 2 aromatic rings. The van der Waals surface area contributed by atoms with Crippen LogP contribution in [-0.2, 0) is 6.42 Å². The van der Waals surface area contributed by atoms with E-state index >= 15 is 0 Å². The number of rotatable bonds is 4. The van der Waals surface area contributed by atoms with Gasteiger partial charge in [-0.15, -0.1) is 0 Å². The van der Waals surface area contributed by atoms with Crippen molar-refractivity contribution in [3.05, 3.63) is 52.8 Å². The number of halogens is 1. The summed E-state index contributed by atoms with van der Waals surface area (Å²) in [6.45, 7) is 2.87. The van der Waals surface area contributed by atoms with Crippen molar-refractivity contribution >= 4 is 23.0 Å². The van der Waals surface area contributed by atoms with Gasteiger partial charge in [0.2, 0.25) is 0 Å². The molecule has 0 bridgehead atoms. The smallest absolute Gasteiger partial charge is 0.0656 e. The lowest BCUT2D eigenvalue weighted by atomic mass is 10.1. The van der Waals surface area contributed by atoms with E-state index in [1.807, 2.05) is 31.2 Å². The highest BCUT2D eigenvalue weighted by Gasteiger charge is 2.03. The third kappa shape index (κ3) is 3.14. The summed E-state index contributed by atoms with van der Waals surface area (Å²) in [6.07, 6.45) is 4.56. The van der Waals surface area contributed by atoms with Gasteiger partial charge in [0.25, 0.3) is 0 Å². The molecule has 1 heterocycles. The maximum atomic E-state index is 6.01. The lowest BCUT2D eigenvalue weighted by Gasteiger charge is -2.11. The average molecular weight is 262 g/mol. The fourth-order valence-electron chi connectivity index (χ4n) is 1.79. The van der Waals surface area contributed by atoms with Crippen LogP contribution in [0.25, 0.3) is 0 Å². The monoisotopic (exact) mass is 261 g/mol. The van der Waals surface area contributed by atoms with Gasteiger partial charge in [0.15, 0.2) is 0 Å². The molecular formula is C14H16ClN3. The third-order valence-electron chi connectivity index (χ3n) is 2.82. The van der Waals surface area contributed by atoms with Crippen molar-refractivity contribution in [2.75, 3.05) is 17.6 Å². The third-order valence-corrected chi connectivity index (χ3v) is 3.15. The van der Waals surface area contributed by atoms with Crippen LogP contribution in [0.2, 0.25) is 5.02 Å². The van der Waals surface area contributed by atoms with Crippen LogP contribution in [-0.4, -0.2) is 11.5 Å². The molecule has 3 N–H and O–H groups in total. The first-order chi connectivity index (χ1) is 8.66. The van der Waals surface area contributed by atoms with Crippen molar-refractivity contribution < 1.29 is 0 Å². The van der Waals surface area contributed by atoms with E-state index in [9.17, 15) is 0 Å². The number of anilines is 2. The van der Waals surface area contributed by atoms with Crippen LogP contribution in [0, 0.1) is 6.92 Å². The molecule has 0 spiro atoms. The Morgan fingerprint density at radius 3 is 2.72 bits per heavy atom. The van der Waals surface area contributed by atoms with Gasteiger partial charge in [-0.05, 0) is 48.7 Å². The summed E-state index contributed by atoms with van der Waals surface area (Å²) in [5.41, 5.74) is 9.76. The Bertz CT molecular complexity index is 526. The molecule has 0 fully saturated rings. The Kier molecular flexibility index (Phi) is 4.05. The zero-order chi connectivity index (χ0) is 13.0. The molecule has 0 aliphatic carbocycles. The molecule has 0 unspecified atom stereocenters. The summed E-state index contributed by atoms with van der Waals surface area (Å²) in [7, 11) is 0. The Morgan fingerprint density at radius 1 is 1.28 bits per heavy atom. The summed E-state index contributed by atoms with van der Waals surface area (Å²) < 4.78 is 0. The highest BCUT2D eigenvalue weighted by Crippen LogP contribution is 2.26. The normalized spacial score (nSPS) is 10.3. The molecule has 2 rings (SSSR count). The number of hydrogen-bond donors (Lipinski definition) is 2. The van der Waals surface area contributed by atoms with Crippen LogP contribution in [0.3, 0.4) is 0 Å². The van der Waals surface area contributed by atoms with E-state index in [4.69, 9.17) is 17.3 Å². The zero-order valence-corrected chi connectivity index (χ0v) is 11.0. The maximum absolute atomic E-state index is 6.01. The highest BCUT2D eigenvalue weighted by atomic mass is 35.5. The average Bonchev–Trinajstić information content (AvgIpc) is 2.37. The van der Waals surface area contributed by atoms with Crippen LogP contribution in [0.5, 0.6) is 0 Å². The largest absolute Gasteiger partial charge is 0.398 e. The molecule has 0 saturated carbocycles.